The SMILES string of the molecule is CNC(=O)c1ccc(CN(C)C(=O)NCCOc2ccccc2F)cc1. The molecule has 26 heavy (non-hydrogen) atoms. The number of ether oxygens (including phenoxy) is 1. The minimum absolute atomic E-state index is 0.155. The molecule has 0 saturated carbocycles. The lowest BCUT2D eigenvalue weighted by Crippen LogP contribution is -2.38. The maximum Gasteiger partial charge on any atom is 0.317 e. The number of carbonyl (C=O) groups excluding carboxylic acids is 2. The summed E-state index contributed by atoms with van der Waals surface area (Å²) >= 11 is 0. The van der Waals surface area contributed by atoms with E-state index in [0.717, 1.165) is 5.56 Å². The molecule has 2 aromatic rings. The smallest absolute Gasteiger partial charge is 0.317 e. The zero-order chi connectivity index (χ0) is 18.9. The van der Waals surface area contributed by atoms with Gasteiger partial charge in [-0.15, -0.1) is 0 Å². The Balaban J connectivity index is 1.75. The van der Waals surface area contributed by atoms with E-state index in [9.17, 15) is 14.0 Å². The Labute approximate surface area is 152 Å². The molecule has 7 heteroatoms. The first-order valence-corrected chi connectivity index (χ1v) is 8.18. The van der Waals surface area contributed by atoms with Gasteiger partial charge in [0, 0.05) is 26.2 Å². The van der Waals surface area contributed by atoms with Crippen molar-refractivity contribution in [2.45, 2.75) is 6.54 Å². The van der Waals surface area contributed by atoms with Crippen molar-refractivity contribution in [2.24, 2.45) is 0 Å². The summed E-state index contributed by atoms with van der Waals surface area (Å²) in [4.78, 5) is 25.1. The Bertz CT molecular complexity index is 750. The minimum Gasteiger partial charge on any atom is -0.489 e. The molecule has 0 spiro atoms. The van der Waals surface area contributed by atoms with Crippen molar-refractivity contribution < 1.29 is 18.7 Å². The zero-order valence-electron chi connectivity index (χ0n) is 14.8. The van der Waals surface area contributed by atoms with E-state index in [1.807, 2.05) is 0 Å². The molecule has 0 aliphatic carbocycles. The van der Waals surface area contributed by atoms with Gasteiger partial charge >= 0.3 is 6.03 Å². The molecule has 0 aromatic heterocycles. The summed E-state index contributed by atoms with van der Waals surface area (Å²) in [6.45, 7) is 0.822. The molecule has 0 aliphatic rings. The highest BCUT2D eigenvalue weighted by Gasteiger charge is 2.10. The molecule has 2 rings (SSSR count). The molecular formula is C19H22FN3O3. The van der Waals surface area contributed by atoms with Crippen LogP contribution < -0.4 is 15.4 Å². The Morgan fingerprint density at radius 2 is 1.81 bits per heavy atom. The van der Waals surface area contributed by atoms with Gasteiger partial charge in [0.2, 0.25) is 0 Å². The van der Waals surface area contributed by atoms with E-state index < -0.39 is 5.82 Å². The van der Waals surface area contributed by atoms with Gasteiger partial charge in [0.15, 0.2) is 11.6 Å². The van der Waals surface area contributed by atoms with Crippen LogP contribution in [0.5, 0.6) is 5.75 Å². The van der Waals surface area contributed by atoms with Gasteiger partial charge in [0.05, 0.1) is 6.54 Å². The van der Waals surface area contributed by atoms with Crippen LogP contribution in [0.25, 0.3) is 0 Å². The number of nitrogens with one attached hydrogen (secondary N) is 2. The number of benzene rings is 2. The normalized spacial score (nSPS) is 10.1. The first-order chi connectivity index (χ1) is 12.5. The standard InChI is InChI=1S/C19H22FN3O3/c1-21-18(24)15-9-7-14(8-10-15)13-23(2)19(25)22-11-12-26-17-6-4-3-5-16(17)20/h3-10H,11-13H2,1-2H3,(H,21,24)(H,22,25). The second-order valence-corrected chi connectivity index (χ2v) is 5.64. The van der Waals surface area contributed by atoms with Crippen molar-refractivity contribution in [3.8, 4) is 5.75 Å². The Morgan fingerprint density at radius 1 is 1.12 bits per heavy atom. The summed E-state index contributed by atoms with van der Waals surface area (Å²) in [5, 5.41) is 5.26. The van der Waals surface area contributed by atoms with Gasteiger partial charge in [-0.3, -0.25) is 4.79 Å². The third kappa shape index (κ3) is 5.47. The maximum atomic E-state index is 13.4. The number of rotatable bonds is 7. The average Bonchev–Trinajstić information content (AvgIpc) is 2.66. The highest BCUT2D eigenvalue weighted by atomic mass is 19.1. The molecule has 0 unspecified atom stereocenters. The van der Waals surface area contributed by atoms with E-state index in [1.54, 1.807) is 50.5 Å². The first kappa shape index (κ1) is 19.2. The first-order valence-electron chi connectivity index (χ1n) is 8.18. The van der Waals surface area contributed by atoms with Crippen molar-refractivity contribution in [3.63, 3.8) is 0 Å². The molecular weight excluding hydrogens is 337 g/mol. The van der Waals surface area contributed by atoms with Crippen molar-refractivity contribution in [1.82, 2.24) is 15.5 Å². The van der Waals surface area contributed by atoms with Crippen LogP contribution in [-0.2, 0) is 6.54 Å². The molecule has 2 aromatic carbocycles. The van der Waals surface area contributed by atoms with Crippen molar-refractivity contribution in [3.05, 3.63) is 65.5 Å². The predicted octanol–water partition coefficient (Wildman–Crippen LogP) is 2.41. The number of nitrogens with zero attached hydrogens (tertiary/aromatic N) is 1. The molecule has 0 radical (unpaired) electrons. The molecule has 0 heterocycles. The monoisotopic (exact) mass is 359 g/mol. The fraction of sp³-hybridized carbons (Fsp3) is 0.263. The van der Waals surface area contributed by atoms with E-state index in [0.29, 0.717) is 12.1 Å². The van der Waals surface area contributed by atoms with Crippen LogP contribution >= 0.6 is 0 Å². The Morgan fingerprint density at radius 3 is 2.46 bits per heavy atom. The molecule has 2 N–H and O–H groups in total. The highest BCUT2D eigenvalue weighted by molar-refractivity contribution is 5.93. The summed E-state index contributed by atoms with van der Waals surface area (Å²) in [6.07, 6.45) is 0. The van der Waals surface area contributed by atoms with Gasteiger partial charge in [-0.25, -0.2) is 9.18 Å². The average molecular weight is 359 g/mol. The van der Waals surface area contributed by atoms with Gasteiger partial charge < -0.3 is 20.3 Å². The van der Waals surface area contributed by atoms with Crippen molar-refractivity contribution in [1.29, 1.82) is 0 Å². The Hall–Kier alpha value is -3.09. The van der Waals surface area contributed by atoms with Gasteiger partial charge in [0.25, 0.3) is 5.91 Å². The van der Waals surface area contributed by atoms with Crippen molar-refractivity contribution >= 4 is 11.9 Å². The number of amides is 3. The van der Waals surface area contributed by atoms with Crippen molar-refractivity contribution in [2.75, 3.05) is 27.2 Å². The number of hydrogen-bond acceptors (Lipinski definition) is 3. The molecule has 0 saturated heterocycles. The van der Waals surface area contributed by atoms with Crippen LogP contribution in [0.3, 0.4) is 0 Å². The fourth-order valence-electron chi connectivity index (χ4n) is 2.27. The maximum absolute atomic E-state index is 13.4. The van der Waals surface area contributed by atoms with E-state index >= 15 is 0 Å². The molecule has 0 bridgehead atoms. The molecule has 0 aliphatic heterocycles. The van der Waals surface area contributed by atoms with Crippen LogP contribution in [0.2, 0.25) is 0 Å². The second-order valence-electron chi connectivity index (χ2n) is 5.64. The van der Waals surface area contributed by atoms with E-state index in [4.69, 9.17) is 4.74 Å². The Kier molecular flexibility index (Phi) is 6.96. The minimum atomic E-state index is -0.434. The van der Waals surface area contributed by atoms with E-state index in [1.165, 1.54) is 17.0 Å². The lowest BCUT2D eigenvalue weighted by Gasteiger charge is -2.18. The van der Waals surface area contributed by atoms with Crippen LogP contribution in [0.1, 0.15) is 15.9 Å². The molecule has 6 nitrogen and oxygen atoms in total. The summed E-state index contributed by atoms with van der Waals surface area (Å²) in [5.41, 5.74) is 1.46. The second kappa shape index (κ2) is 9.41. The van der Waals surface area contributed by atoms with Gasteiger partial charge in [0.1, 0.15) is 6.61 Å². The summed E-state index contributed by atoms with van der Waals surface area (Å²) in [5.74, 6) is -0.431. The molecule has 0 fully saturated rings. The van der Waals surface area contributed by atoms with Crippen LogP contribution in [0.4, 0.5) is 9.18 Å². The number of para-hydroxylation sites is 1. The summed E-state index contributed by atoms with van der Waals surface area (Å²) in [6, 6.07) is 12.9. The number of urea groups is 1. The highest BCUT2D eigenvalue weighted by Crippen LogP contribution is 2.14. The van der Waals surface area contributed by atoms with Crippen LogP contribution in [0, 0.1) is 5.82 Å². The zero-order valence-corrected chi connectivity index (χ0v) is 14.8. The van der Waals surface area contributed by atoms with E-state index in [-0.39, 0.29) is 30.8 Å². The molecule has 0 atom stereocenters. The quantitative estimate of drug-likeness (QED) is 0.746. The third-order valence-corrected chi connectivity index (χ3v) is 3.68. The number of carbonyl (C=O) groups is 2. The van der Waals surface area contributed by atoms with Gasteiger partial charge in [-0.1, -0.05) is 24.3 Å². The number of hydrogen-bond donors (Lipinski definition) is 2. The lowest BCUT2D eigenvalue weighted by atomic mass is 10.1. The van der Waals surface area contributed by atoms with E-state index in [2.05, 4.69) is 10.6 Å². The topological polar surface area (TPSA) is 70.7 Å². The summed E-state index contributed by atoms with van der Waals surface area (Å²) < 4.78 is 18.7. The van der Waals surface area contributed by atoms with Crippen LogP contribution in [0.15, 0.2) is 48.5 Å². The lowest BCUT2D eigenvalue weighted by molar-refractivity contribution is 0.0963. The number of halogens is 1. The fourth-order valence-corrected chi connectivity index (χ4v) is 2.27. The van der Waals surface area contributed by atoms with Gasteiger partial charge in [-0.05, 0) is 29.8 Å². The van der Waals surface area contributed by atoms with Gasteiger partial charge in [-0.2, -0.15) is 0 Å². The predicted molar refractivity (Wildman–Crippen MR) is 96.6 cm³/mol. The molecule has 138 valence electrons. The van der Waals surface area contributed by atoms with Crippen LogP contribution in [-0.4, -0.2) is 44.1 Å². The largest absolute Gasteiger partial charge is 0.489 e. The third-order valence-electron chi connectivity index (χ3n) is 3.68. The molecule has 3 amide bonds. The summed E-state index contributed by atoms with van der Waals surface area (Å²) in [7, 11) is 3.24.